The molecule has 0 aliphatic carbocycles. The number of esters is 2. The van der Waals surface area contributed by atoms with Gasteiger partial charge in [0.2, 0.25) is 0 Å². The average Bonchev–Trinajstić information content (AvgIpc) is 3.30. The summed E-state index contributed by atoms with van der Waals surface area (Å²) in [5.41, 5.74) is -0.728. The van der Waals surface area contributed by atoms with E-state index in [0.717, 1.165) is 83.5 Å². The Morgan fingerprint density at radius 1 is 0.441 bits per heavy atom. The number of hydrogen-bond donors (Lipinski definition) is 0. The first-order chi connectivity index (χ1) is 33.0. The minimum absolute atomic E-state index is 0.0421. The van der Waals surface area contributed by atoms with Crippen molar-refractivity contribution < 1.29 is 28.6 Å². The molecule has 0 N–H and O–H groups in total. The van der Waals surface area contributed by atoms with E-state index in [-0.39, 0.29) is 31.0 Å². The van der Waals surface area contributed by atoms with Crippen molar-refractivity contribution in [2.24, 2.45) is 0 Å². The molecule has 0 saturated heterocycles. The molecule has 0 saturated carbocycles. The molecular weight excluding hydrogens is 843 g/mol. The average molecular weight is 959 g/mol. The maximum absolute atomic E-state index is 14.2. The number of amides is 1. The van der Waals surface area contributed by atoms with E-state index in [1.807, 2.05) is 32.9 Å². The molecule has 3 atom stereocenters. The molecule has 0 radical (unpaired) electrons. The second kappa shape index (κ2) is 48.3. The highest BCUT2D eigenvalue weighted by molar-refractivity contribution is 5.82. The molecule has 0 aliphatic rings. The van der Waals surface area contributed by atoms with Crippen molar-refractivity contribution in [3.05, 3.63) is 25.3 Å². The van der Waals surface area contributed by atoms with Crippen LogP contribution in [-0.4, -0.2) is 53.8 Å². The first-order valence-corrected chi connectivity index (χ1v) is 29.6. The molecule has 1 amide bonds. The highest BCUT2D eigenvalue weighted by Gasteiger charge is 2.33. The molecule has 0 aromatic carbocycles. The summed E-state index contributed by atoms with van der Waals surface area (Å²) in [6.07, 6.45) is 53.8. The fraction of sp³-hybridized carbons (Fsp3) is 0.885. The van der Waals surface area contributed by atoms with Crippen LogP contribution in [0.1, 0.15) is 317 Å². The van der Waals surface area contributed by atoms with Crippen LogP contribution in [0.4, 0.5) is 4.79 Å². The van der Waals surface area contributed by atoms with E-state index in [0.29, 0.717) is 0 Å². The standard InChI is InChI=1S/C61H115NO6/c1-9-13-17-21-25-29-31-33-35-39-42-46-50-55(49-45-41-37-27-23-19-15-11-3)66-58(63)54-53-57(62(8)60(65)68-61(5,6)7)59(64)67-56(51-47-43-38-28-24-20-16-12-4)52-48-44-40-36-34-32-30-26-22-18-14-10-2/h11-12,55-57H,3-4,9-10,13-54H2,1-2,5-8H3/t55?,56?,57-/m0/s1. The summed E-state index contributed by atoms with van der Waals surface area (Å²) in [5.74, 6) is -0.740. The van der Waals surface area contributed by atoms with E-state index >= 15 is 0 Å². The van der Waals surface area contributed by atoms with Gasteiger partial charge in [0.15, 0.2) is 0 Å². The fourth-order valence-corrected chi connectivity index (χ4v) is 9.36. The number of nitrogens with zero attached hydrogens (tertiary/aromatic N) is 1. The Hall–Kier alpha value is -2.31. The molecule has 0 aromatic heterocycles. The number of ether oxygens (including phenoxy) is 3. The lowest BCUT2D eigenvalue weighted by Crippen LogP contribution is -2.46. The maximum Gasteiger partial charge on any atom is 0.410 e. The predicted octanol–water partition coefficient (Wildman–Crippen LogP) is 19.6. The lowest BCUT2D eigenvalue weighted by atomic mass is 10.0. The molecule has 7 nitrogen and oxygen atoms in total. The van der Waals surface area contributed by atoms with Gasteiger partial charge < -0.3 is 14.2 Å². The largest absolute Gasteiger partial charge is 0.462 e. The Balaban J connectivity index is 5.60. The topological polar surface area (TPSA) is 82.1 Å². The molecule has 2 unspecified atom stereocenters. The Morgan fingerprint density at radius 3 is 1.04 bits per heavy atom. The zero-order valence-electron chi connectivity index (χ0n) is 46.3. The van der Waals surface area contributed by atoms with Gasteiger partial charge in [-0.25, -0.2) is 9.59 Å². The first-order valence-electron chi connectivity index (χ1n) is 29.6. The van der Waals surface area contributed by atoms with Crippen LogP contribution in [0.25, 0.3) is 0 Å². The van der Waals surface area contributed by atoms with Gasteiger partial charge in [0, 0.05) is 13.5 Å². The molecule has 0 spiro atoms. The van der Waals surface area contributed by atoms with Crippen molar-refractivity contribution in [2.75, 3.05) is 7.05 Å². The van der Waals surface area contributed by atoms with Gasteiger partial charge in [-0.15, -0.1) is 13.2 Å². The Kier molecular flexibility index (Phi) is 46.7. The molecule has 0 bridgehead atoms. The van der Waals surface area contributed by atoms with Gasteiger partial charge in [-0.3, -0.25) is 9.69 Å². The minimum atomic E-state index is -0.942. The van der Waals surface area contributed by atoms with E-state index in [2.05, 4.69) is 27.0 Å². The third-order valence-electron chi connectivity index (χ3n) is 13.8. The number of likely N-dealkylation sites (N-methyl/N-ethyl adjacent to an activating group) is 1. The van der Waals surface area contributed by atoms with Gasteiger partial charge in [0.05, 0.1) is 0 Å². The molecule has 0 rings (SSSR count). The lowest BCUT2D eigenvalue weighted by molar-refractivity contribution is -0.157. The first kappa shape index (κ1) is 65.7. The zero-order valence-corrected chi connectivity index (χ0v) is 46.3. The molecule has 0 heterocycles. The predicted molar refractivity (Wildman–Crippen MR) is 292 cm³/mol. The number of hydrogen-bond acceptors (Lipinski definition) is 6. The summed E-state index contributed by atoms with van der Waals surface area (Å²) in [4.78, 5) is 42.7. The summed E-state index contributed by atoms with van der Waals surface area (Å²) in [5, 5.41) is 0. The minimum Gasteiger partial charge on any atom is -0.462 e. The van der Waals surface area contributed by atoms with Crippen LogP contribution in [0, 0.1) is 0 Å². The third kappa shape index (κ3) is 43.7. The van der Waals surface area contributed by atoms with Crippen molar-refractivity contribution >= 4 is 18.0 Å². The molecule has 7 heteroatoms. The summed E-state index contributed by atoms with van der Waals surface area (Å²) in [6, 6.07) is -0.942. The summed E-state index contributed by atoms with van der Waals surface area (Å²) in [6.45, 7) is 17.7. The van der Waals surface area contributed by atoms with Crippen molar-refractivity contribution in [2.45, 2.75) is 341 Å². The van der Waals surface area contributed by atoms with Crippen molar-refractivity contribution in [1.82, 2.24) is 4.90 Å². The van der Waals surface area contributed by atoms with Crippen LogP contribution < -0.4 is 0 Å². The van der Waals surface area contributed by atoms with E-state index < -0.39 is 23.7 Å². The summed E-state index contributed by atoms with van der Waals surface area (Å²) >= 11 is 0. The van der Waals surface area contributed by atoms with Crippen LogP contribution in [-0.2, 0) is 23.8 Å². The van der Waals surface area contributed by atoms with Crippen LogP contribution in [0.2, 0.25) is 0 Å². The molecular formula is C61H115NO6. The maximum atomic E-state index is 14.2. The highest BCUT2D eigenvalue weighted by atomic mass is 16.6. The molecule has 0 aliphatic heterocycles. The number of allylic oxidation sites excluding steroid dienone is 2. The molecule has 0 aromatic rings. The van der Waals surface area contributed by atoms with E-state index in [1.54, 1.807) is 7.05 Å². The van der Waals surface area contributed by atoms with E-state index in [9.17, 15) is 14.4 Å². The van der Waals surface area contributed by atoms with E-state index in [1.165, 1.54) is 191 Å². The van der Waals surface area contributed by atoms with Gasteiger partial charge in [-0.05, 0) is 104 Å². The summed E-state index contributed by atoms with van der Waals surface area (Å²) < 4.78 is 18.3. The lowest BCUT2D eigenvalue weighted by Gasteiger charge is -2.31. The second-order valence-electron chi connectivity index (χ2n) is 21.6. The second-order valence-corrected chi connectivity index (χ2v) is 21.6. The summed E-state index contributed by atoms with van der Waals surface area (Å²) in [7, 11) is 1.60. The zero-order chi connectivity index (χ0) is 50.2. The number of carbonyl (C=O) groups is 3. The van der Waals surface area contributed by atoms with Crippen molar-refractivity contribution in [3.63, 3.8) is 0 Å². The van der Waals surface area contributed by atoms with Gasteiger partial charge in [0.25, 0.3) is 0 Å². The van der Waals surface area contributed by atoms with Crippen molar-refractivity contribution in [1.29, 1.82) is 0 Å². The molecule has 68 heavy (non-hydrogen) atoms. The van der Waals surface area contributed by atoms with Gasteiger partial charge >= 0.3 is 18.0 Å². The SMILES string of the molecule is C=CCCCCCCCCC(CCCCCCCCCCCCCC)OC(=O)CC[C@@H](C(=O)OC(CCCCCCCCC=C)CCCCCCCCCCCCCC)N(C)C(=O)OC(C)(C)C. The van der Waals surface area contributed by atoms with Gasteiger partial charge in [0.1, 0.15) is 23.9 Å². The number of unbranched alkanes of at least 4 members (excludes halogenated alkanes) is 34. The fourth-order valence-electron chi connectivity index (χ4n) is 9.36. The van der Waals surface area contributed by atoms with Crippen LogP contribution >= 0.6 is 0 Å². The van der Waals surface area contributed by atoms with Crippen LogP contribution in [0.5, 0.6) is 0 Å². The van der Waals surface area contributed by atoms with Crippen LogP contribution in [0.3, 0.4) is 0 Å². The highest BCUT2D eigenvalue weighted by Crippen LogP contribution is 2.23. The van der Waals surface area contributed by atoms with Gasteiger partial charge in [-0.1, -0.05) is 219 Å². The Bertz CT molecular complexity index is 1160. The number of rotatable bonds is 51. The Labute approximate surface area is 423 Å². The third-order valence-corrected chi connectivity index (χ3v) is 13.8. The number of carbonyl (C=O) groups excluding carboxylic acids is 3. The van der Waals surface area contributed by atoms with Crippen LogP contribution in [0.15, 0.2) is 25.3 Å². The monoisotopic (exact) mass is 958 g/mol. The smallest absolute Gasteiger partial charge is 0.410 e. The Morgan fingerprint density at radius 2 is 0.735 bits per heavy atom. The van der Waals surface area contributed by atoms with Crippen molar-refractivity contribution in [3.8, 4) is 0 Å². The van der Waals surface area contributed by atoms with Gasteiger partial charge in [-0.2, -0.15) is 0 Å². The quantitative estimate of drug-likeness (QED) is 0.0261. The normalized spacial score (nSPS) is 12.9. The molecule has 400 valence electrons. The molecule has 0 fully saturated rings. The van der Waals surface area contributed by atoms with E-state index in [4.69, 9.17) is 14.2 Å².